The number of nitriles is 1. The van der Waals surface area contributed by atoms with Gasteiger partial charge in [-0.3, -0.25) is 4.79 Å². The van der Waals surface area contributed by atoms with Crippen LogP contribution in [0.4, 0.5) is 5.69 Å². The molecular formula is C19H19N3O3S. The normalized spacial score (nSPS) is 17.0. The lowest BCUT2D eigenvalue weighted by Crippen LogP contribution is -2.40. The molecule has 1 unspecified atom stereocenters. The van der Waals surface area contributed by atoms with Crippen molar-refractivity contribution >= 4 is 27.2 Å². The highest BCUT2D eigenvalue weighted by molar-refractivity contribution is 7.98. The molecule has 1 amide bonds. The molecule has 2 aromatic carbocycles. The molecule has 26 heavy (non-hydrogen) atoms. The van der Waals surface area contributed by atoms with E-state index in [-0.39, 0.29) is 5.91 Å². The molecule has 1 aliphatic heterocycles. The summed E-state index contributed by atoms with van der Waals surface area (Å²) in [5.41, 5.74) is 1.36. The van der Waals surface area contributed by atoms with Crippen LogP contribution in [0.2, 0.25) is 0 Å². The van der Waals surface area contributed by atoms with E-state index in [1.807, 2.05) is 6.07 Å². The number of hydrogen-bond acceptors (Lipinski definition) is 4. The molecule has 3 rings (SSSR count). The first kappa shape index (κ1) is 18.1. The van der Waals surface area contributed by atoms with Crippen LogP contribution in [0.1, 0.15) is 15.9 Å². The summed E-state index contributed by atoms with van der Waals surface area (Å²) in [6, 6.07) is 15.3. The van der Waals surface area contributed by atoms with Crippen LogP contribution in [0.3, 0.4) is 0 Å². The van der Waals surface area contributed by atoms with Crippen LogP contribution < -0.4 is 5.32 Å². The number of nitrogens with one attached hydrogen (secondary N) is 1. The van der Waals surface area contributed by atoms with E-state index in [9.17, 15) is 9.00 Å². The van der Waals surface area contributed by atoms with Crippen molar-refractivity contribution in [3.8, 4) is 6.07 Å². The summed E-state index contributed by atoms with van der Waals surface area (Å²) in [6.45, 7) is 2.07. The Balaban J connectivity index is 1.87. The summed E-state index contributed by atoms with van der Waals surface area (Å²) >= 11 is 0. The van der Waals surface area contributed by atoms with Crippen LogP contribution in [0.25, 0.3) is 0 Å². The third-order valence-corrected chi connectivity index (χ3v) is 6.38. The first-order chi connectivity index (χ1) is 12.5. The van der Waals surface area contributed by atoms with Crippen molar-refractivity contribution in [2.45, 2.75) is 4.90 Å². The molecule has 0 radical (unpaired) electrons. The zero-order chi connectivity index (χ0) is 18.6. The maximum Gasteiger partial charge on any atom is 0.255 e. The van der Waals surface area contributed by atoms with Gasteiger partial charge in [0.05, 0.1) is 45.1 Å². The van der Waals surface area contributed by atoms with Gasteiger partial charge in [-0.1, -0.05) is 12.1 Å². The molecule has 2 aromatic rings. The van der Waals surface area contributed by atoms with E-state index in [1.165, 1.54) is 0 Å². The summed E-state index contributed by atoms with van der Waals surface area (Å²) in [6.07, 6.45) is 0. The van der Waals surface area contributed by atoms with Crippen LogP contribution in [0.15, 0.2) is 53.4 Å². The lowest BCUT2D eigenvalue weighted by Gasteiger charge is -2.30. The zero-order valence-electron chi connectivity index (χ0n) is 14.2. The maximum atomic E-state index is 13.3. The van der Waals surface area contributed by atoms with E-state index in [0.717, 1.165) is 0 Å². The van der Waals surface area contributed by atoms with Crippen LogP contribution in [0, 0.1) is 11.3 Å². The predicted molar refractivity (Wildman–Crippen MR) is 101 cm³/mol. The molecule has 1 heterocycles. The molecule has 1 aliphatic rings. The molecule has 0 saturated carbocycles. The third-order valence-electron chi connectivity index (χ3n) is 4.14. The standard InChI is InChI=1S/C19H19N3O3S/c1-26(24,22-10-12-25-13-11-22)18-5-3-2-4-17(18)21-19(23)16-8-6-15(14-20)7-9-16/h2-9H,1,10-13H2,(H,21,23). The van der Waals surface area contributed by atoms with Gasteiger partial charge in [0.1, 0.15) is 0 Å². The molecule has 0 spiro atoms. The fourth-order valence-corrected chi connectivity index (χ4v) is 4.49. The first-order valence-electron chi connectivity index (χ1n) is 8.13. The summed E-state index contributed by atoms with van der Waals surface area (Å²) in [5.74, 6) is 3.60. The number of carbonyl (C=O) groups excluding carboxylic acids is 1. The average molecular weight is 369 g/mol. The quantitative estimate of drug-likeness (QED) is 0.837. The Morgan fingerprint density at radius 2 is 1.81 bits per heavy atom. The SMILES string of the molecule is C=S(=O)(c1ccccc1NC(=O)c1ccc(C#N)cc1)N1CCOCC1. The smallest absolute Gasteiger partial charge is 0.255 e. The third kappa shape index (κ3) is 3.78. The Hall–Kier alpha value is -2.66. The van der Waals surface area contributed by atoms with Gasteiger partial charge in [0.2, 0.25) is 0 Å². The van der Waals surface area contributed by atoms with E-state index in [4.69, 9.17) is 10.00 Å². The molecule has 7 heteroatoms. The number of ether oxygens (including phenoxy) is 1. The molecule has 0 aliphatic carbocycles. The van der Waals surface area contributed by atoms with E-state index in [2.05, 4.69) is 11.2 Å². The van der Waals surface area contributed by atoms with E-state index in [1.54, 1.807) is 52.8 Å². The largest absolute Gasteiger partial charge is 0.379 e. The Morgan fingerprint density at radius 3 is 2.46 bits per heavy atom. The lowest BCUT2D eigenvalue weighted by molar-refractivity contribution is 0.0749. The fraction of sp³-hybridized carbons (Fsp3) is 0.211. The monoisotopic (exact) mass is 369 g/mol. The highest BCUT2D eigenvalue weighted by Gasteiger charge is 2.24. The number of amides is 1. The topological polar surface area (TPSA) is 82.4 Å². The van der Waals surface area contributed by atoms with Gasteiger partial charge < -0.3 is 10.1 Å². The second-order valence-corrected chi connectivity index (χ2v) is 8.06. The van der Waals surface area contributed by atoms with Crippen LogP contribution in [0.5, 0.6) is 0 Å². The molecule has 134 valence electrons. The molecule has 6 nitrogen and oxygen atoms in total. The Bertz CT molecular complexity index is 941. The van der Waals surface area contributed by atoms with Crippen molar-refractivity contribution in [1.82, 2.24) is 4.31 Å². The van der Waals surface area contributed by atoms with Crippen molar-refractivity contribution in [2.24, 2.45) is 0 Å². The Labute approximate surface area is 153 Å². The van der Waals surface area contributed by atoms with E-state index in [0.29, 0.717) is 48.0 Å². The molecule has 0 bridgehead atoms. The van der Waals surface area contributed by atoms with Gasteiger partial charge in [0.25, 0.3) is 5.91 Å². The zero-order valence-corrected chi connectivity index (χ0v) is 15.0. The molecule has 1 saturated heterocycles. The number of hydrogen-bond donors (Lipinski definition) is 1. The number of morpholine rings is 1. The molecular weight excluding hydrogens is 350 g/mol. The highest BCUT2D eigenvalue weighted by atomic mass is 32.2. The summed E-state index contributed by atoms with van der Waals surface area (Å²) in [7, 11) is -2.74. The van der Waals surface area contributed by atoms with Crippen molar-refractivity contribution in [2.75, 3.05) is 31.6 Å². The van der Waals surface area contributed by atoms with Crippen molar-refractivity contribution in [3.05, 3.63) is 59.7 Å². The predicted octanol–water partition coefficient (Wildman–Crippen LogP) is 2.13. The minimum absolute atomic E-state index is 0.334. The number of nitrogens with zero attached hydrogens (tertiary/aromatic N) is 2. The summed E-state index contributed by atoms with van der Waals surface area (Å²) in [5, 5.41) is 11.7. The van der Waals surface area contributed by atoms with Crippen molar-refractivity contribution in [3.63, 3.8) is 0 Å². The van der Waals surface area contributed by atoms with Gasteiger partial charge >= 0.3 is 0 Å². The minimum Gasteiger partial charge on any atom is -0.379 e. The lowest BCUT2D eigenvalue weighted by atomic mass is 10.1. The van der Waals surface area contributed by atoms with Gasteiger partial charge in [-0.2, -0.15) is 5.26 Å². The average Bonchev–Trinajstić information content (AvgIpc) is 2.69. The molecule has 1 fully saturated rings. The summed E-state index contributed by atoms with van der Waals surface area (Å²) in [4.78, 5) is 13.0. The van der Waals surface area contributed by atoms with Gasteiger partial charge in [-0.05, 0) is 42.3 Å². The van der Waals surface area contributed by atoms with Crippen molar-refractivity contribution < 1.29 is 13.7 Å². The maximum absolute atomic E-state index is 13.3. The van der Waals surface area contributed by atoms with Crippen LogP contribution in [-0.2, 0) is 14.4 Å². The first-order valence-corrected chi connectivity index (χ1v) is 9.81. The van der Waals surface area contributed by atoms with Crippen LogP contribution >= 0.6 is 0 Å². The number of rotatable bonds is 4. The fourth-order valence-electron chi connectivity index (χ4n) is 2.72. The molecule has 1 N–H and O–H groups in total. The Kier molecular flexibility index (Phi) is 5.38. The van der Waals surface area contributed by atoms with E-state index < -0.39 is 9.71 Å². The second kappa shape index (κ2) is 7.70. The second-order valence-electron chi connectivity index (χ2n) is 5.82. The molecule has 0 aromatic heterocycles. The minimum atomic E-state index is -2.74. The number of anilines is 1. The Morgan fingerprint density at radius 1 is 1.15 bits per heavy atom. The molecule has 1 atom stereocenters. The van der Waals surface area contributed by atoms with Gasteiger partial charge in [-0.15, -0.1) is 0 Å². The van der Waals surface area contributed by atoms with Gasteiger partial charge in [-0.25, -0.2) is 8.51 Å². The van der Waals surface area contributed by atoms with Crippen LogP contribution in [-0.4, -0.2) is 46.6 Å². The number of carbonyl (C=O) groups is 1. The number of para-hydroxylation sites is 1. The summed E-state index contributed by atoms with van der Waals surface area (Å²) < 4.78 is 20.4. The highest BCUT2D eigenvalue weighted by Crippen LogP contribution is 2.25. The number of benzene rings is 2. The van der Waals surface area contributed by atoms with Gasteiger partial charge in [0.15, 0.2) is 0 Å². The van der Waals surface area contributed by atoms with E-state index >= 15 is 0 Å². The van der Waals surface area contributed by atoms with Gasteiger partial charge in [0, 0.05) is 18.7 Å². The van der Waals surface area contributed by atoms with Crippen molar-refractivity contribution in [1.29, 1.82) is 5.26 Å².